The molecule has 2 heterocycles. The average Bonchev–Trinajstić information content (AvgIpc) is 3.28. The predicted molar refractivity (Wildman–Crippen MR) is 104 cm³/mol. The van der Waals surface area contributed by atoms with Crippen molar-refractivity contribution in [2.45, 2.75) is 6.42 Å². The van der Waals surface area contributed by atoms with Gasteiger partial charge in [-0.15, -0.1) is 0 Å². The lowest BCUT2D eigenvalue weighted by Crippen LogP contribution is -2.31. The maximum atomic E-state index is 13.8. The summed E-state index contributed by atoms with van der Waals surface area (Å²) in [5.41, 5.74) is 1.53. The van der Waals surface area contributed by atoms with Gasteiger partial charge in [0.15, 0.2) is 5.52 Å². The molecule has 1 aliphatic rings. The Hall–Kier alpha value is -3.53. The minimum Gasteiger partial charge on any atom is -0.324 e. The van der Waals surface area contributed by atoms with Crippen LogP contribution in [0.4, 0.5) is 14.9 Å². The van der Waals surface area contributed by atoms with Crippen molar-refractivity contribution in [2.75, 3.05) is 11.9 Å². The van der Waals surface area contributed by atoms with E-state index in [1.54, 1.807) is 24.3 Å². The maximum absolute atomic E-state index is 13.8. The third-order valence-corrected chi connectivity index (χ3v) is 5.10. The quantitative estimate of drug-likeness (QED) is 0.640. The van der Waals surface area contributed by atoms with Crippen LogP contribution >= 0.6 is 11.8 Å². The highest BCUT2D eigenvalue weighted by atomic mass is 32.2. The van der Waals surface area contributed by atoms with Gasteiger partial charge in [0.05, 0.1) is 10.6 Å². The molecule has 0 radical (unpaired) electrons. The van der Waals surface area contributed by atoms with Crippen LogP contribution in [0.25, 0.3) is 17.1 Å². The van der Waals surface area contributed by atoms with E-state index in [0.29, 0.717) is 28.5 Å². The molecule has 0 bridgehead atoms. The van der Waals surface area contributed by atoms with Crippen molar-refractivity contribution in [2.24, 2.45) is 0 Å². The number of thioether (sulfide) groups is 1. The summed E-state index contributed by atoms with van der Waals surface area (Å²) in [7, 11) is 0. The zero-order valence-electron chi connectivity index (χ0n) is 14.8. The van der Waals surface area contributed by atoms with Crippen LogP contribution in [0, 0.1) is 5.82 Å². The van der Waals surface area contributed by atoms with Gasteiger partial charge in [-0.25, -0.2) is 9.02 Å². The molecule has 2 aromatic carbocycles. The number of carbonyl (C=O) groups is 3. The highest BCUT2D eigenvalue weighted by Crippen LogP contribution is 2.32. The Morgan fingerprint density at radius 2 is 2.00 bits per heavy atom. The number of carbonyl (C=O) groups excluding carboxylic acids is 3. The molecule has 4 rings (SSSR count). The van der Waals surface area contributed by atoms with Crippen molar-refractivity contribution in [1.29, 1.82) is 0 Å². The third-order valence-electron chi connectivity index (χ3n) is 4.19. The van der Waals surface area contributed by atoms with Gasteiger partial charge in [-0.1, -0.05) is 24.3 Å². The first-order valence-electron chi connectivity index (χ1n) is 8.54. The summed E-state index contributed by atoms with van der Waals surface area (Å²) in [6.07, 6.45) is 1.23. The molecule has 3 aromatic rings. The van der Waals surface area contributed by atoms with Crippen LogP contribution in [0.1, 0.15) is 12.0 Å². The summed E-state index contributed by atoms with van der Waals surface area (Å²) in [6, 6.07) is 11.0. The Kier molecular flexibility index (Phi) is 5.09. The van der Waals surface area contributed by atoms with Crippen LogP contribution in [-0.2, 0) is 9.59 Å². The first-order chi connectivity index (χ1) is 14.0. The number of hydrogen-bond donors (Lipinski definition) is 1. The summed E-state index contributed by atoms with van der Waals surface area (Å²) in [6.45, 7) is -0.0991. The van der Waals surface area contributed by atoms with Crippen LogP contribution in [0.15, 0.2) is 52.0 Å². The topological polar surface area (TPSA) is 105 Å². The number of hydrogen-bond acceptors (Lipinski definition) is 7. The summed E-state index contributed by atoms with van der Waals surface area (Å²) < 4.78 is 18.4. The lowest BCUT2D eigenvalue weighted by molar-refractivity contribution is -0.123. The molecule has 1 N–H and O–H groups in total. The van der Waals surface area contributed by atoms with E-state index in [1.165, 1.54) is 24.3 Å². The van der Waals surface area contributed by atoms with Crippen LogP contribution in [0.5, 0.6) is 0 Å². The first kappa shape index (κ1) is 18.8. The van der Waals surface area contributed by atoms with Crippen molar-refractivity contribution < 1.29 is 23.4 Å². The fourth-order valence-corrected chi connectivity index (χ4v) is 3.62. The standard InChI is InChI=1S/C19H13FN4O4S/c20-12-5-2-1-4-11(12)10-15-18(26)24(19(27)29-15)9-8-16(25)21-13-6-3-7-14-17(13)23-28-22-14/h1-7,10H,8-9H2,(H,21,25)/b15-10-. The van der Waals surface area contributed by atoms with Crippen LogP contribution in [0.2, 0.25) is 0 Å². The predicted octanol–water partition coefficient (Wildman–Crippen LogP) is 3.43. The number of nitrogens with zero attached hydrogens (tertiary/aromatic N) is 3. The summed E-state index contributed by atoms with van der Waals surface area (Å²) in [5.74, 6) is -1.45. The van der Waals surface area contributed by atoms with Crippen molar-refractivity contribution in [3.8, 4) is 0 Å². The third kappa shape index (κ3) is 3.87. The number of benzene rings is 2. The molecule has 29 heavy (non-hydrogen) atoms. The fourth-order valence-electron chi connectivity index (χ4n) is 2.76. The smallest absolute Gasteiger partial charge is 0.293 e. The molecule has 1 aliphatic heterocycles. The van der Waals surface area contributed by atoms with Crippen LogP contribution in [-0.4, -0.2) is 38.8 Å². The van der Waals surface area contributed by atoms with Gasteiger partial charge < -0.3 is 5.32 Å². The zero-order chi connectivity index (χ0) is 20.4. The lowest BCUT2D eigenvalue weighted by atomic mass is 10.2. The number of amides is 3. The summed E-state index contributed by atoms with van der Waals surface area (Å²) in [5, 5.41) is 9.58. The Labute approximate surface area is 167 Å². The highest BCUT2D eigenvalue weighted by molar-refractivity contribution is 8.18. The molecule has 0 saturated carbocycles. The molecule has 0 spiro atoms. The number of rotatable bonds is 5. The lowest BCUT2D eigenvalue weighted by Gasteiger charge is -2.12. The van der Waals surface area contributed by atoms with Gasteiger partial charge in [0.25, 0.3) is 11.1 Å². The van der Waals surface area contributed by atoms with E-state index in [2.05, 4.69) is 20.3 Å². The Morgan fingerprint density at radius 3 is 2.83 bits per heavy atom. The second-order valence-corrected chi connectivity index (χ2v) is 7.08. The van der Waals surface area contributed by atoms with Gasteiger partial charge in [0.2, 0.25) is 5.91 Å². The zero-order valence-corrected chi connectivity index (χ0v) is 15.6. The minimum atomic E-state index is -0.557. The van der Waals surface area contributed by atoms with Crippen LogP contribution in [0.3, 0.4) is 0 Å². The van der Waals surface area contributed by atoms with Crippen molar-refractivity contribution >= 4 is 51.6 Å². The number of aromatic nitrogens is 2. The largest absolute Gasteiger partial charge is 0.324 e. The molecule has 146 valence electrons. The number of fused-ring (bicyclic) bond motifs is 1. The average molecular weight is 412 g/mol. The van der Waals surface area contributed by atoms with Crippen LogP contribution < -0.4 is 5.32 Å². The molecule has 3 amide bonds. The van der Waals surface area contributed by atoms with Crippen molar-refractivity contribution in [3.05, 3.63) is 58.8 Å². The molecule has 1 aromatic heterocycles. The van der Waals surface area contributed by atoms with Crippen molar-refractivity contribution in [1.82, 2.24) is 15.2 Å². The highest BCUT2D eigenvalue weighted by Gasteiger charge is 2.35. The second-order valence-electron chi connectivity index (χ2n) is 6.09. The molecular formula is C19H13FN4O4S. The molecule has 1 fully saturated rings. The van der Waals surface area contributed by atoms with E-state index in [9.17, 15) is 18.8 Å². The molecule has 8 nitrogen and oxygen atoms in total. The maximum Gasteiger partial charge on any atom is 0.293 e. The van der Waals surface area contributed by atoms with E-state index in [4.69, 9.17) is 0 Å². The Balaban J connectivity index is 1.41. The van der Waals surface area contributed by atoms with Gasteiger partial charge in [-0.05, 0) is 46.4 Å². The van der Waals surface area contributed by atoms with Gasteiger partial charge in [-0.2, -0.15) is 0 Å². The Morgan fingerprint density at radius 1 is 1.17 bits per heavy atom. The molecule has 1 saturated heterocycles. The molecule has 10 heteroatoms. The number of halogens is 1. The van der Waals surface area contributed by atoms with Crippen molar-refractivity contribution in [3.63, 3.8) is 0 Å². The van der Waals surface area contributed by atoms with Gasteiger partial charge in [0, 0.05) is 18.5 Å². The normalized spacial score (nSPS) is 15.5. The monoisotopic (exact) mass is 412 g/mol. The number of nitrogens with one attached hydrogen (secondary N) is 1. The number of imide groups is 1. The van der Waals surface area contributed by atoms with Gasteiger partial charge in [0.1, 0.15) is 11.3 Å². The van der Waals surface area contributed by atoms with Gasteiger partial charge in [-0.3, -0.25) is 19.3 Å². The molecule has 0 aliphatic carbocycles. The van der Waals surface area contributed by atoms with E-state index in [1.807, 2.05) is 0 Å². The molecule has 0 unspecified atom stereocenters. The van der Waals surface area contributed by atoms with E-state index in [0.717, 1.165) is 4.90 Å². The van der Waals surface area contributed by atoms with E-state index >= 15 is 0 Å². The first-order valence-corrected chi connectivity index (χ1v) is 9.35. The summed E-state index contributed by atoms with van der Waals surface area (Å²) >= 11 is 0.714. The van der Waals surface area contributed by atoms with Gasteiger partial charge >= 0.3 is 0 Å². The Bertz CT molecular complexity index is 1160. The molecule has 0 atom stereocenters. The fraction of sp³-hybridized carbons (Fsp3) is 0.105. The summed E-state index contributed by atoms with van der Waals surface area (Å²) in [4.78, 5) is 38.0. The van der Waals surface area contributed by atoms with E-state index in [-0.39, 0.29) is 23.4 Å². The second kappa shape index (κ2) is 7.84. The SMILES string of the molecule is O=C(CCN1C(=O)S/C(=C\c2ccccc2F)C1=O)Nc1cccc2nonc12. The minimum absolute atomic E-state index is 0.0991. The number of anilines is 1. The molecular weight excluding hydrogens is 399 g/mol. The van der Waals surface area contributed by atoms with E-state index < -0.39 is 22.9 Å².